The first-order valence-electron chi connectivity index (χ1n) is 11.6. The highest BCUT2D eigenvalue weighted by atomic mass is 16.5. The Labute approximate surface area is 209 Å². The van der Waals surface area contributed by atoms with Crippen LogP contribution in [0.15, 0.2) is 64.8 Å². The van der Waals surface area contributed by atoms with Crippen molar-refractivity contribution in [3.8, 4) is 11.5 Å². The number of nitrogens with zero attached hydrogens (tertiary/aromatic N) is 1. The minimum Gasteiger partial charge on any atom is -0.497 e. The van der Waals surface area contributed by atoms with Gasteiger partial charge in [0.05, 0.1) is 28.4 Å². The average molecular weight is 492 g/mol. The number of esters is 2. The van der Waals surface area contributed by atoms with Crippen LogP contribution in [0.25, 0.3) is 0 Å². The minimum atomic E-state index is -1.08. The molecule has 0 saturated carbocycles. The summed E-state index contributed by atoms with van der Waals surface area (Å²) in [6.07, 6.45) is 0.332. The van der Waals surface area contributed by atoms with Gasteiger partial charge in [0.1, 0.15) is 23.3 Å². The lowest BCUT2D eigenvalue weighted by Crippen LogP contribution is -2.43. The van der Waals surface area contributed by atoms with Crippen molar-refractivity contribution in [1.29, 1.82) is 0 Å². The van der Waals surface area contributed by atoms with E-state index in [1.165, 1.54) is 14.2 Å². The highest BCUT2D eigenvalue weighted by Gasteiger charge is 2.50. The third-order valence-electron chi connectivity index (χ3n) is 6.99. The van der Waals surface area contributed by atoms with Crippen molar-refractivity contribution in [2.45, 2.75) is 25.2 Å². The van der Waals surface area contributed by atoms with E-state index in [2.05, 4.69) is 0 Å². The Bertz CT molecular complexity index is 1240. The number of carbonyl (C=O) groups excluding carboxylic acids is 3. The van der Waals surface area contributed by atoms with E-state index >= 15 is 0 Å². The summed E-state index contributed by atoms with van der Waals surface area (Å²) in [7, 11) is 5.70. The van der Waals surface area contributed by atoms with Gasteiger partial charge in [0, 0.05) is 28.8 Å². The number of aliphatic imine (C=N–C) groups is 1. The Morgan fingerprint density at radius 3 is 2.08 bits per heavy atom. The second kappa shape index (κ2) is 10.4. The standard InChI is InChI=1S/C28H29NO7/c1-15-22(27(31)35-4)23(17-7-6-8-19(13-17)34-3)25-21(29-15)14-20(24(26(25)30)28(32)36-5)16-9-11-18(33-2)12-10-16/h6-13,20,22-24H,14H2,1-5H3/t20-,22?,23-,24+/m1/s1. The van der Waals surface area contributed by atoms with Gasteiger partial charge in [-0.1, -0.05) is 24.3 Å². The van der Waals surface area contributed by atoms with Gasteiger partial charge in [-0.15, -0.1) is 0 Å². The molecule has 0 radical (unpaired) electrons. The summed E-state index contributed by atoms with van der Waals surface area (Å²) in [6, 6.07) is 14.5. The number of benzene rings is 2. The zero-order chi connectivity index (χ0) is 26.0. The van der Waals surface area contributed by atoms with Crippen molar-refractivity contribution in [3.63, 3.8) is 0 Å². The van der Waals surface area contributed by atoms with E-state index < -0.39 is 41.4 Å². The summed E-state index contributed by atoms with van der Waals surface area (Å²) in [5.74, 6) is -3.34. The Hall–Kier alpha value is -3.94. The summed E-state index contributed by atoms with van der Waals surface area (Å²) < 4.78 is 20.8. The molecule has 8 heteroatoms. The zero-order valence-corrected chi connectivity index (χ0v) is 20.9. The predicted octanol–water partition coefficient (Wildman–Crippen LogP) is 3.85. The van der Waals surface area contributed by atoms with Crippen LogP contribution in [0.2, 0.25) is 0 Å². The largest absolute Gasteiger partial charge is 0.497 e. The van der Waals surface area contributed by atoms with E-state index in [0.29, 0.717) is 40.5 Å². The van der Waals surface area contributed by atoms with E-state index in [4.69, 9.17) is 23.9 Å². The van der Waals surface area contributed by atoms with Crippen LogP contribution in [0, 0.1) is 11.8 Å². The molecule has 0 N–H and O–H groups in total. The Morgan fingerprint density at radius 2 is 1.47 bits per heavy atom. The van der Waals surface area contributed by atoms with Crippen molar-refractivity contribution in [3.05, 3.63) is 70.9 Å². The van der Waals surface area contributed by atoms with E-state index in [0.717, 1.165) is 5.56 Å². The zero-order valence-electron chi connectivity index (χ0n) is 20.9. The van der Waals surface area contributed by atoms with Gasteiger partial charge in [-0.3, -0.25) is 19.4 Å². The van der Waals surface area contributed by atoms with Gasteiger partial charge in [0.2, 0.25) is 0 Å². The summed E-state index contributed by atoms with van der Waals surface area (Å²) in [5.41, 5.74) is 2.94. The quantitative estimate of drug-likeness (QED) is 0.447. The molecule has 0 spiro atoms. The second-order valence-corrected chi connectivity index (χ2v) is 8.82. The van der Waals surface area contributed by atoms with Crippen molar-refractivity contribution in [2.75, 3.05) is 28.4 Å². The molecule has 0 saturated heterocycles. The number of hydrogen-bond donors (Lipinski definition) is 0. The molecule has 4 atom stereocenters. The van der Waals surface area contributed by atoms with Crippen LogP contribution in [0.5, 0.6) is 11.5 Å². The maximum atomic E-state index is 14.1. The van der Waals surface area contributed by atoms with Crippen LogP contribution in [0.3, 0.4) is 0 Å². The molecule has 0 fully saturated rings. The third-order valence-corrected chi connectivity index (χ3v) is 6.99. The SMILES string of the molecule is COC(=O)C1C(C)=NC2=C(C(=O)[C@@H](C(=O)OC)[C@@H](c3ccc(OC)cc3)C2)[C@@H]1c1cccc(OC)c1. The lowest BCUT2D eigenvalue weighted by Gasteiger charge is -2.39. The minimum absolute atomic E-state index is 0.332. The third kappa shape index (κ3) is 4.39. The molecule has 1 aliphatic heterocycles. The molecular weight excluding hydrogens is 462 g/mol. The smallest absolute Gasteiger partial charge is 0.317 e. The molecule has 2 aromatic rings. The van der Waals surface area contributed by atoms with Crippen molar-refractivity contribution >= 4 is 23.4 Å². The van der Waals surface area contributed by atoms with Crippen LogP contribution in [-0.4, -0.2) is 51.9 Å². The number of allylic oxidation sites excluding steroid dienone is 2. The fraction of sp³-hybridized carbons (Fsp3) is 0.357. The summed E-state index contributed by atoms with van der Waals surface area (Å²) in [6.45, 7) is 1.76. The normalized spacial score (nSPS) is 23.4. The molecule has 36 heavy (non-hydrogen) atoms. The summed E-state index contributed by atoms with van der Waals surface area (Å²) >= 11 is 0. The number of methoxy groups -OCH3 is 4. The number of carbonyl (C=O) groups is 3. The average Bonchev–Trinajstić information content (AvgIpc) is 2.91. The molecule has 2 aromatic carbocycles. The maximum absolute atomic E-state index is 14.1. The fourth-order valence-electron chi connectivity index (χ4n) is 5.24. The van der Waals surface area contributed by atoms with E-state index in [9.17, 15) is 14.4 Å². The van der Waals surface area contributed by atoms with Gasteiger partial charge in [-0.05, 0) is 48.7 Å². The van der Waals surface area contributed by atoms with Gasteiger partial charge in [-0.25, -0.2) is 0 Å². The van der Waals surface area contributed by atoms with Gasteiger partial charge in [0.15, 0.2) is 5.78 Å². The number of Topliss-reactive ketones (excluding diaryl/α,β-unsaturated/α-hetero) is 1. The first-order chi connectivity index (χ1) is 17.3. The number of ketones is 1. The monoisotopic (exact) mass is 491 g/mol. The molecule has 4 rings (SSSR count). The van der Waals surface area contributed by atoms with Crippen molar-refractivity contribution in [2.24, 2.45) is 16.8 Å². The summed E-state index contributed by atoms with van der Waals surface area (Å²) in [4.78, 5) is 44.8. The molecule has 1 heterocycles. The maximum Gasteiger partial charge on any atom is 0.317 e. The molecule has 0 aromatic heterocycles. The molecule has 2 aliphatic rings. The van der Waals surface area contributed by atoms with Crippen LogP contribution in [0.1, 0.15) is 36.3 Å². The lowest BCUT2D eigenvalue weighted by molar-refractivity contribution is -0.150. The first-order valence-corrected chi connectivity index (χ1v) is 11.6. The van der Waals surface area contributed by atoms with Crippen LogP contribution < -0.4 is 9.47 Å². The first kappa shape index (κ1) is 25.2. The predicted molar refractivity (Wildman–Crippen MR) is 132 cm³/mol. The van der Waals surface area contributed by atoms with Gasteiger partial charge < -0.3 is 18.9 Å². The number of hydrogen-bond acceptors (Lipinski definition) is 8. The molecular formula is C28H29NO7. The molecule has 8 nitrogen and oxygen atoms in total. The van der Waals surface area contributed by atoms with E-state index in [-0.39, 0.29) is 0 Å². The van der Waals surface area contributed by atoms with Gasteiger partial charge in [-0.2, -0.15) is 0 Å². The van der Waals surface area contributed by atoms with Crippen LogP contribution in [-0.2, 0) is 23.9 Å². The van der Waals surface area contributed by atoms with E-state index in [1.54, 1.807) is 51.5 Å². The number of ether oxygens (including phenoxy) is 4. The van der Waals surface area contributed by atoms with Crippen molar-refractivity contribution in [1.82, 2.24) is 0 Å². The Kier molecular flexibility index (Phi) is 7.24. The van der Waals surface area contributed by atoms with Gasteiger partial charge in [0.25, 0.3) is 0 Å². The van der Waals surface area contributed by atoms with Gasteiger partial charge >= 0.3 is 11.9 Å². The van der Waals surface area contributed by atoms with Crippen molar-refractivity contribution < 1.29 is 33.3 Å². The van der Waals surface area contributed by atoms with E-state index in [1.807, 2.05) is 18.2 Å². The lowest BCUT2D eigenvalue weighted by atomic mass is 9.65. The molecule has 188 valence electrons. The Balaban J connectivity index is 1.90. The van der Waals surface area contributed by atoms with Crippen LogP contribution >= 0.6 is 0 Å². The second-order valence-electron chi connectivity index (χ2n) is 8.82. The topological polar surface area (TPSA) is 100 Å². The highest BCUT2D eigenvalue weighted by molar-refractivity contribution is 6.14. The fourth-order valence-corrected chi connectivity index (χ4v) is 5.24. The molecule has 0 bridgehead atoms. The summed E-state index contributed by atoms with van der Waals surface area (Å²) in [5, 5.41) is 0. The molecule has 1 unspecified atom stereocenters. The highest BCUT2D eigenvalue weighted by Crippen LogP contribution is 2.49. The molecule has 0 amide bonds. The van der Waals surface area contributed by atoms with Crippen LogP contribution in [0.4, 0.5) is 0 Å². The Morgan fingerprint density at radius 1 is 0.833 bits per heavy atom. The number of rotatable bonds is 6. The molecule has 1 aliphatic carbocycles.